The second-order valence-corrected chi connectivity index (χ2v) is 21.6. The van der Waals surface area contributed by atoms with Crippen LogP contribution in [0.25, 0.3) is 0 Å². The zero-order chi connectivity index (χ0) is 52.4. The quantitative estimate of drug-likeness (QED) is 0.0264. The predicted molar refractivity (Wildman–Crippen MR) is 307 cm³/mol. The highest BCUT2D eigenvalue weighted by Gasteiger charge is 2.26. The molecule has 420 valence electrons. The Morgan fingerprint density at radius 3 is 1.15 bits per heavy atom. The number of ether oxygens (including phenoxy) is 2. The molecule has 0 aromatic rings. The molecular formula is C62H114NO8P. The summed E-state index contributed by atoms with van der Waals surface area (Å²) in [7, 11) is -4.39. The van der Waals surface area contributed by atoms with Gasteiger partial charge in [0.05, 0.1) is 13.2 Å². The molecule has 0 fully saturated rings. The van der Waals surface area contributed by atoms with Crippen molar-refractivity contribution in [3.8, 4) is 0 Å². The molecule has 0 spiro atoms. The van der Waals surface area contributed by atoms with Crippen LogP contribution >= 0.6 is 7.82 Å². The van der Waals surface area contributed by atoms with Crippen molar-refractivity contribution >= 4 is 19.8 Å². The first-order chi connectivity index (χ1) is 35.3. The Balaban J connectivity index is 3.84. The van der Waals surface area contributed by atoms with Crippen LogP contribution in [0.5, 0.6) is 0 Å². The van der Waals surface area contributed by atoms with Crippen LogP contribution in [0.3, 0.4) is 0 Å². The Bertz CT molecular complexity index is 1360. The third-order valence-corrected chi connectivity index (χ3v) is 14.1. The van der Waals surface area contributed by atoms with Crippen LogP contribution in [0.2, 0.25) is 0 Å². The van der Waals surface area contributed by atoms with E-state index in [2.05, 4.69) is 74.6 Å². The molecule has 10 heteroatoms. The van der Waals surface area contributed by atoms with Crippen molar-refractivity contribution < 1.29 is 37.6 Å². The Morgan fingerprint density at radius 2 is 0.764 bits per heavy atom. The summed E-state index contributed by atoms with van der Waals surface area (Å²) in [6.07, 6.45) is 73.0. The van der Waals surface area contributed by atoms with Crippen LogP contribution in [0.15, 0.2) is 60.8 Å². The number of rotatable bonds is 57. The number of nitrogens with two attached hydrogens (primary N) is 1. The number of allylic oxidation sites excluding steroid dienone is 10. The van der Waals surface area contributed by atoms with Gasteiger partial charge in [-0.2, -0.15) is 0 Å². The van der Waals surface area contributed by atoms with E-state index in [4.69, 9.17) is 24.3 Å². The zero-order valence-corrected chi connectivity index (χ0v) is 47.8. The van der Waals surface area contributed by atoms with E-state index >= 15 is 0 Å². The highest BCUT2D eigenvalue weighted by Crippen LogP contribution is 2.43. The van der Waals surface area contributed by atoms with Gasteiger partial charge in [-0.25, -0.2) is 4.57 Å². The maximum absolute atomic E-state index is 12.7. The minimum absolute atomic E-state index is 0.0530. The van der Waals surface area contributed by atoms with E-state index < -0.39 is 26.5 Å². The van der Waals surface area contributed by atoms with Crippen molar-refractivity contribution in [3.63, 3.8) is 0 Å². The van der Waals surface area contributed by atoms with E-state index in [9.17, 15) is 19.0 Å². The SMILES string of the molecule is CC/C=C\C/C=C\C/C=C\C/C=C\CCCCCCCCCCCCCCCCCCCCCCCCC(=O)OC(COC(=O)CCCCCCC/C=C\CCCCCCCCC)COP(=O)(O)OCCN. The van der Waals surface area contributed by atoms with Gasteiger partial charge in [-0.1, -0.05) is 261 Å². The summed E-state index contributed by atoms with van der Waals surface area (Å²) in [6, 6.07) is 0. The number of carbonyl (C=O) groups is 2. The first kappa shape index (κ1) is 69.7. The van der Waals surface area contributed by atoms with Crippen molar-refractivity contribution in [2.75, 3.05) is 26.4 Å². The van der Waals surface area contributed by atoms with Crippen LogP contribution < -0.4 is 5.73 Å². The van der Waals surface area contributed by atoms with Crippen molar-refractivity contribution in [2.45, 2.75) is 296 Å². The fourth-order valence-electron chi connectivity index (χ4n) is 8.68. The van der Waals surface area contributed by atoms with E-state index in [1.54, 1.807) is 0 Å². The van der Waals surface area contributed by atoms with E-state index in [-0.39, 0.29) is 38.6 Å². The van der Waals surface area contributed by atoms with Gasteiger partial charge in [0.1, 0.15) is 6.61 Å². The number of carbonyl (C=O) groups excluding carboxylic acids is 2. The fourth-order valence-corrected chi connectivity index (χ4v) is 9.45. The topological polar surface area (TPSA) is 134 Å². The van der Waals surface area contributed by atoms with E-state index in [1.807, 2.05) is 0 Å². The molecule has 0 bridgehead atoms. The van der Waals surface area contributed by atoms with Crippen LogP contribution in [0.4, 0.5) is 0 Å². The summed E-state index contributed by atoms with van der Waals surface area (Å²) in [6.45, 7) is 3.65. The Kier molecular flexibility index (Phi) is 56.1. The minimum Gasteiger partial charge on any atom is -0.462 e. The molecule has 3 N–H and O–H groups in total. The molecule has 0 amide bonds. The summed E-state index contributed by atoms with van der Waals surface area (Å²) in [5, 5.41) is 0. The molecule has 0 aromatic carbocycles. The number of hydrogen-bond donors (Lipinski definition) is 2. The van der Waals surface area contributed by atoms with Gasteiger partial charge in [-0.15, -0.1) is 0 Å². The van der Waals surface area contributed by atoms with Gasteiger partial charge in [0.25, 0.3) is 0 Å². The maximum atomic E-state index is 12.7. The van der Waals surface area contributed by atoms with Crippen molar-refractivity contribution in [2.24, 2.45) is 5.73 Å². The van der Waals surface area contributed by atoms with Crippen LogP contribution in [-0.2, 0) is 32.7 Å². The average Bonchev–Trinajstić information content (AvgIpc) is 3.37. The highest BCUT2D eigenvalue weighted by molar-refractivity contribution is 7.47. The van der Waals surface area contributed by atoms with Crippen LogP contribution in [0.1, 0.15) is 290 Å². The van der Waals surface area contributed by atoms with Gasteiger partial charge in [-0.3, -0.25) is 18.6 Å². The lowest BCUT2D eigenvalue weighted by Crippen LogP contribution is -2.29. The number of unbranched alkanes of at least 4 members (excludes halogenated alkanes) is 34. The summed E-state index contributed by atoms with van der Waals surface area (Å²) in [4.78, 5) is 35.2. The van der Waals surface area contributed by atoms with Gasteiger partial charge < -0.3 is 20.1 Å². The maximum Gasteiger partial charge on any atom is 0.472 e. The number of phosphoric acid groups is 1. The molecule has 9 nitrogen and oxygen atoms in total. The molecule has 0 saturated carbocycles. The van der Waals surface area contributed by atoms with E-state index in [0.717, 1.165) is 77.0 Å². The van der Waals surface area contributed by atoms with Gasteiger partial charge in [0.2, 0.25) is 0 Å². The summed E-state index contributed by atoms with van der Waals surface area (Å²) < 4.78 is 33.0. The molecule has 0 heterocycles. The van der Waals surface area contributed by atoms with Crippen molar-refractivity contribution in [1.29, 1.82) is 0 Å². The molecule has 0 radical (unpaired) electrons. The standard InChI is InChI=1S/C62H114NO8P/c1-3-5-7-9-11-13-15-17-19-21-22-23-24-25-26-27-28-29-30-31-32-33-34-35-36-37-38-39-41-43-45-47-49-51-53-55-62(65)71-60(59-70-72(66,67)69-57-56-63)58-68-61(64)54-52-50-48-46-44-42-40-20-18-16-14-12-10-8-6-4-2/h5,7,11,13,17,19-20,22-23,40,60H,3-4,6,8-10,12,14-16,18,21,24-39,41-59,63H2,1-2H3,(H,66,67)/b7-5-,13-11-,19-17-,23-22-,40-20-. The molecule has 0 aromatic heterocycles. The molecule has 2 atom stereocenters. The molecule has 0 aliphatic rings. The third-order valence-electron chi connectivity index (χ3n) is 13.1. The lowest BCUT2D eigenvalue weighted by molar-refractivity contribution is -0.161. The summed E-state index contributed by atoms with van der Waals surface area (Å²) in [5.41, 5.74) is 5.38. The summed E-state index contributed by atoms with van der Waals surface area (Å²) >= 11 is 0. The third kappa shape index (κ3) is 57.0. The van der Waals surface area contributed by atoms with Crippen molar-refractivity contribution in [3.05, 3.63) is 60.8 Å². The molecule has 0 aliphatic heterocycles. The number of phosphoric ester groups is 1. The minimum atomic E-state index is -4.39. The van der Waals surface area contributed by atoms with Crippen molar-refractivity contribution in [1.82, 2.24) is 0 Å². The monoisotopic (exact) mass is 1030 g/mol. The average molecular weight is 1030 g/mol. The van der Waals surface area contributed by atoms with Crippen LogP contribution in [-0.4, -0.2) is 49.3 Å². The Hall–Kier alpha value is -2.29. The molecule has 72 heavy (non-hydrogen) atoms. The Labute approximate surface area is 444 Å². The van der Waals surface area contributed by atoms with Gasteiger partial charge in [0.15, 0.2) is 6.10 Å². The lowest BCUT2D eigenvalue weighted by atomic mass is 10.0. The molecule has 0 aliphatic carbocycles. The normalized spacial score (nSPS) is 13.4. The van der Waals surface area contributed by atoms with Gasteiger partial charge >= 0.3 is 19.8 Å². The smallest absolute Gasteiger partial charge is 0.462 e. The number of hydrogen-bond acceptors (Lipinski definition) is 8. The molecular weight excluding hydrogens is 918 g/mol. The first-order valence-electron chi connectivity index (χ1n) is 30.3. The van der Waals surface area contributed by atoms with Gasteiger partial charge in [-0.05, 0) is 77.0 Å². The Morgan fingerprint density at radius 1 is 0.431 bits per heavy atom. The second-order valence-electron chi connectivity index (χ2n) is 20.2. The number of esters is 2. The van der Waals surface area contributed by atoms with E-state index in [0.29, 0.717) is 6.42 Å². The van der Waals surface area contributed by atoms with Crippen LogP contribution in [0, 0.1) is 0 Å². The molecule has 0 saturated heterocycles. The van der Waals surface area contributed by atoms with E-state index in [1.165, 1.54) is 180 Å². The lowest BCUT2D eigenvalue weighted by Gasteiger charge is -2.19. The second kappa shape index (κ2) is 58.0. The first-order valence-corrected chi connectivity index (χ1v) is 31.8. The zero-order valence-electron chi connectivity index (χ0n) is 46.9. The molecule has 0 rings (SSSR count). The highest BCUT2D eigenvalue weighted by atomic mass is 31.2. The largest absolute Gasteiger partial charge is 0.472 e. The molecule has 2 unspecified atom stereocenters. The van der Waals surface area contributed by atoms with Gasteiger partial charge in [0, 0.05) is 19.4 Å². The predicted octanol–water partition coefficient (Wildman–Crippen LogP) is 19.1. The summed E-state index contributed by atoms with van der Waals surface area (Å²) in [5.74, 6) is -0.825. The fraction of sp³-hybridized carbons (Fsp3) is 0.806.